The van der Waals surface area contributed by atoms with E-state index >= 15 is 0 Å². The lowest BCUT2D eigenvalue weighted by molar-refractivity contribution is -0.136. The smallest absolute Gasteiger partial charge is 0.307 e. The molecule has 3 heteroatoms. The van der Waals surface area contributed by atoms with E-state index in [0.29, 0.717) is 0 Å². The minimum absolute atomic E-state index is 0.0312. The van der Waals surface area contributed by atoms with Gasteiger partial charge < -0.3 is 10.1 Å². The number of aromatic nitrogens is 1. The number of carboxylic acid groups (broad SMARTS) is 1. The summed E-state index contributed by atoms with van der Waals surface area (Å²) in [4.78, 5) is 13.7. The van der Waals surface area contributed by atoms with Crippen LogP contribution >= 0.6 is 0 Å². The summed E-state index contributed by atoms with van der Waals surface area (Å²) in [5.41, 5.74) is 1.70. The Bertz CT molecular complexity index is 494. The van der Waals surface area contributed by atoms with Gasteiger partial charge in [0.1, 0.15) is 0 Å². The maximum atomic E-state index is 10.6. The Hall–Kier alpha value is -1.77. The molecule has 0 saturated carbocycles. The molecule has 0 bridgehead atoms. The third-order valence-corrected chi connectivity index (χ3v) is 2.06. The van der Waals surface area contributed by atoms with Crippen LogP contribution in [-0.2, 0) is 11.2 Å². The van der Waals surface area contributed by atoms with Crippen LogP contribution in [0.2, 0.25) is 0 Å². The Morgan fingerprint density at radius 1 is 1.67 bits per heavy atom. The molecule has 0 aliphatic carbocycles. The first-order valence-electron chi connectivity index (χ1n) is 4.76. The van der Waals surface area contributed by atoms with Gasteiger partial charge in [-0.3, -0.25) is 4.79 Å². The van der Waals surface area contributed by atoms with E-state index in [1.807, 2.05) is 26.0 Å². The van der Waals surface area contributed by atoms with Gasteiger partial charge in [-0.05, 0) is 19.4 Å². The highest BCUT2D eigenvalue weighted by Gasteiger charge is 2.04. The monoisotopic (exact) mass is 205 g/mol. The molecule has 0 fully saturated rings. The van der Waals surface area contributed by atoms with Gasteiger partial charge in [-0.2, -0.15) is 0 Å². The average molecular weight is 205 g/mol. The van der Waals surface area contributed by atoms with Gasteiger partial charge in [0.2, 0.25) is 0 Å². The Morgan fingerprint density at radius 2 is 2.33 bits per heavy atom. The maximum absolute atomic E-state index is 10.6. The molecule has 15 heavy (non-hydrogen) atoms. The molecule has 80 valence electrons. The molecule has 1 rings (SSSR count). The summed E-state index contributed by atoms with van der Waals surface area (Å²) in [5, 5.41) is 10.6. The second kappa shape index (κ2) is 4.64. The molecule has 0 amide bonds. The van der Waals surface area contributed by atoms with Crippen molar-refractivity contribution in [3.8, 4) is 0 Å². The van der Waals surface area contributed by atoms with Crippen molar-refractivity contribution in [2.75, 3.05) is 0 Å². The van der Waals surface area contributed by atoms with Gasteiger partial charge in [0.25, 0.3) is 0 Å². The number of allylic oxidation sites excluding steroid dienone is 1. The number of hydrogen-bond donors (Lipinski definition) is 2. The van der Waals surface area contributed by atoms with Crippen molar-refractivity contribution in [1.82, 2.24) is 4.98 Å². The summed E-state index contributed by atoms with van der Waals surface area (Å²) in [6.07, 6.45) is 5.58. The predicted molar refractivity (Wildman–Crippen MR) is 60.8 cm³/mol. The standard InChI is InChI=1S/C12H15NO2/c1-4-11-10(5-8(2)3)9(7-13-11)6-12(14)15/h4-5,7,13H,2,6H2,1,3H3,(H,14,15)/b10-5-,11-4+. The number of nitrogens with one attached hydrogen (secondary N) is 1. The van der Waals surface area contributed by atoms with E-state index in [9.17, 15) is 4.79 Å². The zero-order chi connectivity index (χ0) is 11.4. The fourth-order valence-corrected chi connectivity index (χ4v) is 1.46. The van der Waals surface area contributed by atoms with E-state index in [2.05, 4.69) is 11.6 Å². The number of hydrogen-bond acceptors (Lipinski definition) is 1. The molecule has 1 aromatic heterocycles. The van der Waals surface area contributed by atoms with Gasteiger partial charge in [0.15, 0.2) is 0 Å². The van der Waals surface area contributed by atoms with Crippen molar-refractivity contribution in [3.63, 3.8) is 0 Å². The molecule has 0 spiro atoms. The first kappa shape index (κ1) is 11.3. The first-order chi connectivity index (χ1) is 7.04. The van der Waals surface area contributed by atoms with Gasteiger partial charge in [-0.1, -0.05) is 24.3 Å². The predicted octanol–water partition coefficient (Wildman–Crippen LogP) is 0.799. The van der Waals surface area contributed by atoms with Gasteiger partial charge in [0.05, 0.1) is 6.42 Å². The first-order valence-corrected chi connectivity index (χ1v) is 4.76. The maximum Gasteiger partial charge on any atom is 0.307 e. The number of carbonyl (C=O) groups is 1. The van der Waals surface area contributed by atoms with E-state index in [4.69, 9.17) is 5.11 Å². The normalized spacial score (nSPS) is 13.2. The lowest BCUT2D eigenvalue weighted by atomic mass is 10.1. The van der Waals surface area contributed by atoms with Crippen molar-refractivity contribution in [2.45, 2.75) is 20.3 Å². The zero-order valence-electron chi connectivity index (χ0n) is 9.00. The lowest BCUT2D eigenvalue weighted by Crippen LogP contribution is -2.25. The number of aromatic amines is 1. The van der Waals surface area contributed by atoms with Crippen LogP contribution in [0.3, 0.4) is 0 Å². The van der Waals surface area contributed by atoms with Crippen molar-refractivity contribution in [2.24, 2.45) is 0 Å². The molecule has 3 nitrogen and oxygen atoms in total. The van der Waals surface area contributed by atoms with Crippen LogP contribution in [0.5, 0.6) is 0 Å². The molecule has 2 N–H and O–H groups in total. The summed E-state index contributed by atoms with van der Waals surface area (Å²) < 4.78 is 0. The van der Waals surface area contributed by atoms with Crippen LogP contribution in [0.1, 0.15) is 19.4 Å². The van der Waals surface area contributed by atoms with Crippen molar-refractivity contribution in [3.05, 3.63) is 34.5 Å². The molecular formula is C12H15NO2. The van der Waals surface area contributed by atoms with Crippen LogP contribution in [0, 0.1) is 0 Å². The summed E-state index contributed by atoms with van der Waals surface area (Å²) in [7, 11) is 0. The second-order valence-corrected chi connectivity index (χ2v) is 3.49. The van der Waals surface area contributed by atoms with Crippen LogP contribution in [0.15, 0.2) is 18.3 Å². The topological polar surface area (TPSA) is 53.1 Å². The molecule has 0 radical (unpaired) electrons. The number of H-pyrrole nitrogens is 1. The molecule has 0 unspecified atom stereocenters. The Kier molecular flexibility index (Phi) is 3.50. The fraction of sp³-hybridized carbons (Fsp3) is 0.250. The van der Waals surface area contributed by atoms with E-state index in [1.165, 1.54) is 0 Å². The third kappa shape index (κ3) is 2.84. The molecule has 1 heterocycles. The zero-order valence-corrected chi connectivity index (χ0v) is 9.00. The SMILES string of the molecule is C=C(C)/C=c1/c(CC(=O)O)c[nH]/c1=C/C. The highest BCUT2D eigenvalue weighted by Crippen LogP contribution is 1.92. The Labute approximate surface area is 88.4 Å². The van der Waals surface area contributed by atoms with Crippen molar-refractivity contribution < 1.29 is 9.90 Å². The highest BCUT2D eigenvalue weighted by atomic mass is 16.4. The molecule has 0 aliphatic heterocycles. The molecule has 1 aromatic rings. The van der Waals surface area contributed by atoms with E-state index in [0.717, 1.165) is 21.7 Å². The van der Waals surface area contributed by atoms with E-state index in [-0.39, 0.29) is 6.42 Å². The Morgan fingerprint density at radius 3 is 2.80 bits per heavy atom. The molecule has 0 aliphatic rings. The largest absolute Gasteiger partial charge is 0.481 e. The van der Waals surface area contributed by atoms with Gasteiger partial charge in [-0.15, -0.1) is 0 Å². The summed E-state index contributed by atoms with van der Waals surface area (Å²) in [6.45, 7) is 7.59. The summed E-state index contributed by atoms with van der Waals surface area (Å²) in [6, 6.07) is 0. The summed E-state index contributed by atoms with van der Waals surface area (Å²) >= 11 is 0. The molecule has 0 atom stereocenters. The van der Waals surface area contributed by atoms with Crippen LogP contribution in [-0.4, -0.2) is 16.1 Å². The number of aliphatic carboxylic acids is 1. The fourth-order valence-electron chi connectivity index (χ4n) is 1.46. The lowest BCUT2D eigenvalue weighted by Gasteiger charge is -1.91. The third-order valence-electron chi connectivity index (χ3n) is 2.06. The Balaban J connectivity index is 3.37. The van der Waals surface area contributed by atoms with Crippen LogP contribution < -0.4 is 10.6 Å². The van der Waals surface area contributed by atoms with Gasteiger partial charge in [-0.25, -0.2) is 0 Å². The summed E-state index contributed by atoms with van der Waals surface area (Å²) in [5.74, 6) is -0.826. The van der Waals surface area contributed by atoms with Crippen LogP contribution in [0.25, 0.3) is 12.2 Å². The van der Waals surface area contributed by atoms with Crippen LogP contribution in [0.4, 0.5) is 0 Å². The minimum Gasteiger partial charge on any atom is -0.481 e. The minimum atomic E-state index is -0.826. The highest BCUT2D eigenvalue weighted by molar-refractivity contribution is 5.70. The second-order valence-electron chi connectivity index (χ2n) is 3.49. The van der Waals surface area contributed by atoms with E-state index < -0.39 is 5.97 Å². The van der Waals surface area contributed by atoms with Gasteiger partial charge >= 0.3 is 5.97 Å². The number of carboxylic acids is 1. The molecule has 0 aromatic carbocycles. The quantitative estimate of drug-likeness (QED) is 0.766. The average Bonchev–Trinajstić information content (AvgIpc) is 2.47. The van der Waals surface area contributed by atoms with Gasteiger partial charge in [0, 0.05) is 16.8 Å². The molecule has 0 saturated heterocycles. The van der Waals surface area contributed by atoms with E-state index in [1.54, 1.807) is 6.20 Å². The number of rotatable bonds is 3. The van der Waals surface area contributed by atoms with Crippen molar-refractivity contribution >= 4 is 18.1 Å². The van der Waals surface area contributed by atoms with Crippen molar-refractivity contribution in [1.29, 1.82) is 0 Å². The molecular weight excluding hydrogens is 190 g/mol.